The van der Waals surface area contributed by atoms with Crippen molar-refractivity contribution in [3.05, 3.63) is 77.1 Å². The van der Waals surface area contributed by atoms with E-state index in [-0.39, 0.29) is 24.1 Å². The summed E-state index contributed by atoms with van der Waals surface area (Å²) in [4.78, 5) is 43.6. The number of imide groups is 1. The van der Waals surface area contributed by atoms with Gasteiger partial charge in [-0.25, -0.2) is 4.99 Å². The average Bonchev–Trinajstić information content (AvgIpc) is 3.56. The average molecular weight is 551 g/mol. The first-order chi connectivity index (χ1) is 20.0. The summed E-state index contributed by atoms with van der Waals surface area (Å²) in [6.07, 6.45) is 11.4. The Bertz CT molecular complexity index is 1550. The third-order valence-electron chi connectivity index (χ3n) is 9.13. The van der Waals surface area contributed by atoms with E-state index in [1.807, 2.05) is 36.5 Å². The first-order valence-corrected chi connectivity index (χ1v) is 14.7. The summed E-state index contributed by atoms with van der Waals surface area (Å²) in [5.41, 5.74) is 6.87. The second-order valence-corrected chi connectivity index (χ2v) is 11.7. The normalized spacial score (nSPS) is 21.0. The lowest BCUT2D eigenvalue weighted by molar-refractivity contribution is -0.136. The molecule has 0 spiro atoms. The van der Waals surface area contributed by atoms with E-state index in [0.717, 1.165) is 53.0 Å². The van der Waals surface area contributed by atoms with Gasteiger partial charge in [0.25, 0.3) is 5.91 Å². The van der Waals surface area contributed by atoms with Crippen LogP contribution < -0.4 is 10.6 Å². The fourth-order valence-corrected chi connectivity index (χ4v) is 6.60. The molecule has 4 heterocycles. The van der Waals surface area contributed by atoms with Crippen molar-refractivity contribution in [3.8, 4) is 0 Å². The Labute approximate surface area is 239 Å². The summed E-state index contributed by atoms with van der Waals surface area (Å²) in [6.45, 7) is 1.10. The van der Waals surface area contributed by atoms with Crippen molar-refractivity contribution >= 4 is 34.8 Å². The van der Waals surface area contributed by atoms with Crippen LogP contribution in [0.5, 0.6) is 0 Å². The molecule has 3 aliphatic heterocycles. The van der Waals surface area contributed by atoms with E-state index < -0.39 is 6.04 Å². The number of benzene rings is 2. The number of aryl methyl sites for hydroxylation is 1. The highest BCUT2D eigenvalue weighted by Gasteiger charge is 2.39. The summed E-state index contributed by atoms with van der Waals surface area (Å²) in [5.74, 6) is -0.119. The molecule has 9 nitrogen and oxygen atoms in total. The van der Waals surface area contributed by atoms with Gasteiger partial charge in [0.2, 0.25) is 11.8 Å². The van der Waals surface area contributed by atoms with E-state index in [4.69, 9.17) is 10.1 Å². The standard InChI is InChI=1S/C32H34N6O3/c39-30-14-13-29(31(40)36-30)37-18-22-12-11-20(15-24(22)32(37)41)5-3-10-28(21-6-4-7-21)38-19-23(16-34-38)27-17-33-25-8-1-2-9-26(25)35-27/h1-2,8-9,11-12,15-16,19,21,28-29,33H,3-7,10,13-14,17-18H2,(H,36,39,40). The lowest BCUT2D eigenvalue weighted by Gasteiger charge is -2.34. The summed E-state index contributed by atoms with van der Waals surface area (Å²) < 4.78 is 2.16. The van der Waals surface area contributed by atoms with Crippen LogP contribution in [0, 0.1) is 5.92 Å². The Morgan fingerprint density at radius 2 is 1.93 bits per heavy atom. The van der Waals surface area contributed by atoms with Crippen LogP contribution in [0.3, 0.4) is 0 Å². The highest BCUT2D eigenvalue weighted by atomic mass is 16.2. The van der Waals surface area contributed by atoms with Gasteiger partial charge in [0.05, 0.1) is 35.9 Å². The van der Waals surface area contributed by atoms with Gasteiger partial charge >= 0.3 is 0 Å². The molecule has 3 aromatic rings. The topological polar surface area (TPSA) is 109 Å². The number of fused-ring (bicyclic) bond motifs is 2. The molecule has 2 unspecified atom stereocenters. The molecule has 4 aliphatic rings. The van der Waals surface area contributed by atoms with E-state index in [1.54, 1.807) is 4.90 Å². The molecule has 2 atom stereocenters. The van der Waals surface area contributed by atoms with Crippen molar-refractivity contribution in [2.75, 3.05) is 11.9 Å². The number of rotatable bonds is 8. The number of amides is 3. The van der Waals surface area contributed by atoms with E-state index in [9.17, 15) is 14.4 Å². The van der Waals surface area contributed by atoms with Crippen molar-refractivity contribution < 1.29 is 14.4 Å². The van der Waals surface area contributed by atoms with Crippen LogP contribution in [-0.4, -0.2) is 50.7 Å². The van der Waals surface area contributed by atoms with E-state index in [2.05, 4.69) is 33.6 Å². The van der Waals surface area contributed by atoms with Gasteiger partial charge in [-0.1, -0.05) is 30.7 Å². The van der Waals surface area contributed by atoms with Crippen LogP contribution in [0.25, 0.3) is 0 Å². The Kier molecular flexibility index (Phi) is 6.65. The number of para-hydroxylation sites is 2. The molecule has 3 amide bonds. The van der Waals surface area contributed by atoms with E-state index >= 15 is 0 Å². The van der Waals surface area contributed by atoms with Gasteiger partial charge in [0.1, 0.15) is 6.04 Å². The van der Waals surface area contributed by atoms with Crippen molar-refractivity contribution in [2.24, 2.45) is 10.9 Å². The molecule has 41 heavy (non-hydrogen) atoms. The second kappa shape index (κ2) is 10.6. The number of nitrogens with zero attached hydrogens (tertiary/aromatic N) is 4. The van der Waals surface area contributed by atoms with Gasteiger partial charge in [-0.2, -0.15) is 5.10 Å². The molecule has 2 N–H and O–H groups in total. The third-order valence-corrected chi connectivity index (χ3v) is 9.13. The van der Waals surface area contributed by atoms with Crippen LogP contribution in [0.2, 0.25) is 0 Å². The number of hydrogen-bond donors (Lipinski definition) is 2. The highest BCUT2D eigenvalue weighted by Crippen LogP contribution is 2.39. The summed E-state index contributed by atoms with van der Waals surface area (Å²) >= 11 is 0. The molecule has 2 fully saturated rings. The number of carbonyl (C=O) groups is 3. The predicted octanol–water partition coefficient (Wildman–Crippen LogP) is 4.55. The van der Waals surface area contributed by atoms with Gasteiger partial charge in [0, 0.05) is 30.3 Å². The minimum absolute atomic E-state index is 0.115. The molecule has 1 aliphatic carbocycles. The zero-order valence-electron chi connectivity index (χ0n) is 23.0. The molecule has 2 aromatic carbocycles. The zero-order chi connectivity index (χ0) is 27.9. The quantitative estimate of drug-likeness (QED) is 0.400. The van der Waals surface area contributed by atoms with Gasteiger partial charge in [-0.05, 0) is 73.8 Å². The maximum absolute atomic E-state index is 13.2. The number of carbonyl (C=O) groups excluding carboxylic acids is 3. The molecule has 1 saturated carbocycles. The number of nitrogens with one attached hydrogen (secondary N) is 2. The molecule has 0 radical (unpaired) electrons. The third kappa shape index (κ3) is 4.94. The Morgan fingerprint density at radius 1 is 1.05 bits per heavy atom. The molecular formula is C32H34N6O3. The first kappa shape index (κ1) is 25.7. The summed E-state index contributed by atoms with van der Waals surface area (Å²) in [6, 6.07) is 14.0. The molecule has 0 bridgehead atoms. The lowest BCUT2D eigenvalue weighted by Crippen LogP contribution is -2.52. The maximum atomic E-state index is 13.2. The van der Waals surface area contributed by atoms with Crippen LogP contribution in [0.1, 0.15) is 78.0 Å². The summed E-state index contributed by atoms with van der Waals surface area (Å²) in [5, 5.41) is 10.6. The Hall–Kier alpha value is -4.27. The van der Waals surface area contributed by atoms with Crippen molar-refractivity contribution in [2.45, 2.75) is 70.0 Å². The number of hydrogen-bond acceptors (Lipinski definition) is 6. The number of piperidine rings is 1. The van der Waals surface area contributed by atoms with Gasteiger partial charge < -0.3 is 10.2 Å². The second-order valence-electron chi connectivity index (χ2n) is 11.7. The molecule has 210 valence electrons. The number of aromatic nitrogens is 2. The Balaban J connectivity index is 1.01. The summed E-state index contributed by atoms with van der Waals surface area (Å²) in [7, 11) is 0. The molecule has 7 rings (SSSR count). The zero-order valence-corrected chi connectivity index (χ0v) is 23.0. The van der Waals surface area contributed by atoms with Crippen molar-refractivity contribution in [3.63, 3.8) is 0 Å². The van der Waals surface area contributed by atoms with Crippen LogP contribution in [-0.2, 0) is 22.6 Å². The van der Waals surface area contributed by atoms with Crippen molar-refractivity contribution in [1.82, 2.24) is 20.0 Å². The van der Waals surface area contributed by atoms with Crippen LogP contribution >= 0.6 is 0 Å². The predicted molar refractivity (Wildman–Crippen MR) is 155 cm³/mol. The largest absolute Gasteiger partial charge is 0.378 e. The van der Waals surface area contributed by atoms with Crippen molar-refractivity contribution in [1.29, 1.82) is 0 Å². The van der Waals surface area contributed by atoms with Crippen LogP contribution in [0.15, 0.2) is 59.9 Å². The maximum Gasteiger partial charge on any atom is 0.255 e. The number of aliphatic imine (C=N–C) groups is 1. The molecule has 1 saturated heterocycles. The Morgan fingerprint density at radius 3 is 2.76 bits per heavy atom. The van der Waals surface area contributed by atoms with Gasteiger partial charge in [-0.15, -0.1) is 0 Å². The molecule has 9 heteroatoms. The minimum Gasteiger partial charge on any atom is -0.378 e. The van der Waals surface area contributed by atoms with Crippen LogP contribution in [0.4, 0.5) is 11.4 Å². The van der Waals surface area contributed by atoms with E-state index in [1.165, 1.54) is 19.3 Å². The number of anilines is 1. The van der Waals surface area contributed by atoms with Gasteiger partial charge in [0.15, 0.2) is 0 Å². The van der Waals surface area contributed by atoms with E-state index in [0.29, 0.717) is 37.0 Å². The minimum atomic E-state index is -0.580. The smallest absolute Gasteiger partial charge is 0.255 e. The lowest BCUT2D eigenvalue weighted by atomic mass is 9.78. The fourth-order valence-electron chi connectivity index (χ4n) is 6.60. The highest BCUT2D eigenvalue weighted by molar-refractivity contribution is 6.07. The van der Waals surface area contributed by atoms with Gasteiger partial charge in [-0.3, -0.25) is 24.4 Å². The fraction of sp³-hybridized carbons (Fsp3) is 0.406. The molecule has 1 aromatic heterocycles. The SMILES string of the molecule is O=C1CCC(N2Cc3ccc(CCCC(C4CCC4)n4cc(C5=Nc6ccccc6NC5)cn4)cc3C2=O)C(=O)N1. The molecular weight excluding hydrogens is 516 g/mol. The first-order valence-electron chi connectivity index (χ1n) is 14.7. The monoisotopic (exact) mass is 550 g/mol.